The Labute approximate surface area is 72.0 Å². The number of rotatable bonds is 1. The Morgan fingerprint density at radius 1 is 1.42 bits per heavy atom. The molecule has 0 fully saturated rings. The zero-order chi connectivity index (χ0) is 8.39. The van der Waals surface area contributed by atoms with E-state index in [1.807, 2.05) is 24.6 Å². The molecule has 0 aromatic heterocycles. The van der Waals surface area contributed by atoms with E-state index >= 15 is 0 Å². The maximum atomic E-state index is 5.26. The van der Waals surface area contributed by atoms with Gasteiger partial charge in [-0.1, -0.05) is 18.2 Å². The Hall–Kier alpha value is -1.31. The molecular formula is C10H11NO. The van der Waals surface area contributed by atoms with Crippen LogP contribution in [0.5, 0.6) is 0 Å². The van der Waals surface area contributed by atoms with Gasteiger partial charge in [0.25, 0.3) is 0 Å². The van der Waals surface area contributed by atoms with Crippen LogP contribution in [0.1, 0.15) is 0 Å². The second kappa shape index (κ2) is 2.97. The van der Waals surface area contributed by atoms with E-state index in [0.29, 0.717) is 11.8 Å². The van der Waals surface area contributed by atoms with Crippen molar-refractivity contribution in [3.63, 3.8) is 0 Å². The van der Waals surface area contributed by atoms with Crippen LogP contribution in [0, 0.1) is 11.8 Å². The zero-order valence-electron chi connectivity index (χ0n) is 6.97. The van der Waals surface area contributed by atoms with E-state index in [0.717, 1.165) is 5.76 Å². The van der Waals surface area contributed by atoms with Crippen molar-refractivity contribution in [1.82, 2.24) is 0 Å². The SMILES string of the molecule is COC1=CC=CC2C=NC=CC12. The van der Waals surface area contributed by atoms with Crippen molar-refractivity contribution >= 4 is 6.21 Å². The van der Waals surface area contributed by atoms with Gasteiger partial charge in [-0.05, 0) is 6.08 Å². The first kappa shape index (κ1) is 7.35. The fraction of sp³-hybridized carbons (Fsp3) is 0.300. The molecule has 1 aliphatic heterocycles. The lowest BCUT2D eigenvalue weighted by Crippen LogP contribution is -2.19. The van der Waals surface area contributed by atoms with E-state index in [1.54, 1.807) is 7.11 Å². The monoisotopic (exact) mass is 161 g/mol. The average molecular weight is 161 g/mol. The molecule has 0 saturated heterocycles. The molecule has 2 nitrogen and oxygen atoms in total. The van der Waals surface area contributed by atoms with Crippen LogP contribution in [0.15, 0.2) is 41.3 Å². The van der Waals surface area contributed by atoms with Crippen molar-refractivity contribution in [2.75, 3.05) is 7.11 Å². The Bertz CT molecular complexity index is 286. The third kappa shape index (κ3) is 1.09. The van der Waals surface area contributed by atoms with Crippen molar-refractivity contribution < 1.29 is 4.74 Å². The molecule has 2 unspecified atom stereocenters. The van der Waals surface area contributed by atoms with E-state index in [2.05, 4.69) is 17.1 Å². The Morgan fingerprint density at radius 2 is 2.33 bits per heavy atom. The smallest absolute Gasteiger partial charge is 0.103 e. The maximum absolute atomic E-state index is 5.26. The lowest BCUT2D eigenvalue weighted by molar-refractivity contribution is 0.247. The lowest BCUT2D eigenvalue weighted by Gasteiger charge is -2.24. The number of ether oxygens (including phenoxy) is 1. The second-order valence-corrected chi connectivity index (χ2v) is 2.90. The summed E-state index contributed by atoms with van der Waals surface area (Å²) in [6, 6.07) is 0. The van der Waals surface area contributed by atoms with Crippen LogP contribution in [-0.2, 0) is 4.74 Å². The first-order chi connectivity index (χ1) is 5.92. The van der Waals surface area contributed by atoms with Gasteiger partial charge in [-0.3, -0.25) is 4.99 Å². The summed E-state index contributed by atoms with van der Waals surface area (Å²) in [5, 5.41) is 0. The normalized spacial score (nSPS) is 31.2. The van der Waals surface area contributed by atoms with Gasteiger partial charge in [0.2, 0.25) is 0 Å². The summed E-state index contributed by atoms with van der Waals surface area (Å²) in [7, 11) is 1.71. The number of methoxy groups -OCH3 is 1. The quantitative estimate of drug-likeness (QED) is 0.575. The predicted octanol–water partition coefficient (Wildman–Crippen LogP) is 1.92. The van der Waals surface area contributed by atoms with Crippen LogP contribution >= 0.6 is 0 Å². The molecule has 2 rings (SSSR count). The van der Waals surface area contributed by atoms with Crippen molar-refractivity contribution in [2.24, 2.45) is 16.8 Å². The van der Waals surface area contributed by atoms with Gasteiger partial charge in [-0.15, -0.1) is 0 Å². The van der Waals surface area contributed by atoms with Crippen molar-refractivity contribution in [3.8, 4) is 0 Å². The minimum Gasteiger partial charge on any atom is -0.500 e. The molecular weight excluding hydrogens is 150 g/mol. The van der Waals surface area contributed by atoms with Crippen molar-refractivity contribution in [1.29, 1.82) is 0 Å². The summed E-state index contributed by atoms with van der Waals surface area (Å²) in [4.78, 5) is 4.09. The molecule has 2 heteroatoms. The third-order valence-corrected chi connectivity index (χ3v) is 2.21. The zero-order valence-corrected chi connectivity index (χ0v) is 6.97. The molecule has 2 atom stereocenters. The molecule has 0 amide bonds. The van der Waals surface area contributed by atoms with E-state index in [-0.39, 0.29) is 0 Å². The van der Waals surface area contributed by atoms with Gasteiger partial charge >= 0.3 is 0 Å². The number of fused-ring (bicyclic) bond motifs is 1. The molecule has 0 radical (unpaired) electrons. The first-order valence-corrected chi connectivity index (χ1v) is 4.04. The summed E-state index contributed by atoms with van der Waals surface area (Å²) < 4.78 is 5.26. The summed E-state index contributed by atoms with van der Waals surface area (Å²) in [5.41, 5.74) is 0. The van der Waals surface area contributed by atoms with E-state index in [4.69, 9.17) is 4.74 Å². The highest BCUT2D eigenvalue weighted by Crippen LogP contribution is 2.28. The summed E-state index contributed by atoms with van der Waals surface area (Å²) in [6.07, 6.45) is 12.0. The number of hydrogen-bond donors (Lipinski definition) is 0. The van der Waals surface area contributed by atoms with Crippen molar-refractivity contribution in [3.05, 3.63) is 36.3 Å². The number of aliphatic imine (C=N–C) groups is 1. The van der Waals surface area contributed by atoms with Gasteiger partial charge in [0.1, 0.15) is 5.76 Å². The molecule has 0 aromatic carbocycles. The van der Waals surface area contributed by atoms with E-state index < -0.39 is 0 Å². The molecule has 1 heterocycles. The Balaban J connectivity index is 2.28. The minimum absolute atomic E-state index is 0.359. The highest BCUT2D eigenvalue weighted by atomic mass is 16.5. The molecule has 2 aliphatic rings. The fourth-order valence-electron chi connectivity index (χ4n) is 1.56. The highest BCUT2D eigenvalue weighted by Gasteiger charge is 2.23. The van der Waals surface area contributed by atoms with Crippen LogP contribution in [0.25, 0.3) is 0 Å². The van der Waals surface area contributed by atoms with Crippen molar-refractivity contribution in [2.45, 2.75) is 0 Å². The molecule has 0 aromatic rings. The van der Waals surface area contributed by atoms with Gasteiger partial charge in [0.15, 0.2) is 0 Å². The highest BCUT2D eigenvalue weighted by molar-refractivity contribution is 5.68. The molecule has 0 N–H and O–H groups in total. The van der Waals surface area contributed by atoms with Gasteiger partial charge in [0.05, 0.1) is 7.11 Å². The van der Waals surface area contributed by atoms with Crippen LogP contribution in [0.3, 0.4) is 0 Å². The number of nitrogens with zero attached hydrogens (tertiary/aromatic N) is 1. The second-order valence-electron chi connectivity index (χ2n) is 2.90. The Morgan fingerprint density at radius 3 is 3.17 bits per heavy atom. The molecule has 0 bridgehead atoms. The van der Waals surface area contributed by atoms with Crippen LogP contribution in [0.2, 0.25) is 0 Å². The summed E-state index contributed by atoms with van der Waals surface area (Å²) in [5.74, 6) is 1.76. The van der Waals surface area contributed by atoms with E-state index in [1.165, 1.54) is 0 Å². The van der Waals surface area contributed by atoms with Gasteiger partial charge < -0.3 is 4.74 Å². The number of hydrogen-bond acceptors (Lipinski definition) is 2. The predicted molar refractivity (Wildman–Crippen MR) is 48.8 cm³/mol. The summed E-state index contributed by atoms with van der Waals surface area (Å²) in [6.45, 7) is 0. The molecule has 0 spiro atoms. The van der Waals surface area contributed by atoms with Gasteiger partial charge in [0, 0.05) is 24.3 Å². The topological polar surface area (TPSA) is 21.6 Å². The molecule has 62 valence electrons. The Kier molecular flexibility index (Phi) is 1.82. The van der Waals surface area contributed by atoms with Crippen LogP contribution in [0.4, 0.5) is 0 Å². The third-order valence-electron chi connectivity index (χ3n) is 2.21. The van der Waals surface area contributed by atoms with Crippen LogP contribution < -0.4 is 0 Å². The largest absolute Gasteiger partial charge is 0.500 e. The average Bonchev–Trinajstić information content (AvgIpc) is 2.17. The molecule has 1 aliphatic carbocycles. The summed E-state index contributed by atoms with van der Waals surface area (Å²) >= 11 is 0. The maximum Gasteiger partial charge on any atom is 0.103 e. The molecule has 12 heavy (non-hydrogen) atoms. The number of allylic oxidation sites excluding steroid dienone is 4. The van der Waals surface area contributed by atoms with E-state index in [9.17, 15) is 0 Å². The lowest BCUT2D eigenvalue weighted by atomic mass is 9.86. The molecule has 0 saturated carbocycles. The first-order valence-electron chi connectivity index (χ1n) is 4.04. The standard InChI is InChI=1S/C10H11NO/c1-12-10-4-2-3-8-7-11-6-5-9(8)10/h2-9H,1H3. The fourth-order valence-corrected chi connectivity index (χ4v) is 1.56. The van der Waals surface area contributed by atoms with Crippen LogP contribution in [-0.4, -0.2) is 13.3 Å². The minimum atomic E-state index is 0.359. The van der Waals surface area contributed by atoms with Gasteiger partial charge in [-0.2, -0.15) is 0 Å². The van der Waals surface area contributed by atoms with Gasteiger partial charge in [-0.25, -0.2) is 0 Å².